The highest BCUT2D eigenvalue weighted by Crippen LogP contribution is 2.31. The van der Waals surface area contributed by atoms with Crippen molar-refractivity contribution in [1.29, 1.82) is 0 Å². The SMILES string of the molecule is CNC(Cc1csc2ccccc12)c1ccc(Cl)c(Br)c1. The molecule has 0 aliphatic carbocycles. The molecule has 0 aliphatic heterocycles. The van der Waals surface area contributed by atoms with Crippen LogP contribution >= 0.6 is 38.9 Å². The first-order chi connectivity index (χ1) is 10.2. The smallest absolute Gasteiger partial charge is 0.0548 e. The maximum atomic E-state index is 6.08. The standard InChI is InChI=1S/C17H15BrClNS/c1-20-16(11-6-7-15(19)14(18)8-11)9-12-10-21-17-5-3-2-4-13(12)17/h2-8,10,16,20H,9H2,1H3. The summed E-state index contributed by atoms with van der Waals surface area (Å²) in [7, 11) is 2.00. The molecule has 1 unspecified atom stereocenters. The van der Waals surface area contributed by atoms with Gasteiger partial charge in [-0.25, -0.2) is 0 Å². The van der Waals surface area contributed by atoms with Crippen LogP contribution in [0, 0.1) is 0 Å². The van der Waals surface area contributed by atoms with E-state index >= 15 is 0 Å². The first kappa shape index (κ1) is 15.0. The summed E-state index contributed by atoms with van der Waals surface area (Å²) in [4.78, 5) is 0. The van der Waals surface area contributed by atoms with E-state index in [0.29, 0.717) is 0 Å². The summed E-state index contributed by atoms with van der Waals surface area (Å²) in [6, 6.07) is 15.0. The van der Waals surface area contributed by atoms with E-state index in [2.05, 4.69) is 63.0 Å². The van der Waals surface area contributed by atoms with Gasteiger partial charge in [-0.3, -0.25) is 0 Å². The second-order valence-corrected chi connectivity index (χ2v) is 7.15. The van der Waals surface area contributed by atoms with Crippen molar-refractivity contribution in [3.63, 3.8) is 0 Å². The Morgan fingerprint density at radius 1 is 1.24 bits per heavy atom. The molecule has 1 nitrogen and oxygen atoms in total. The van der Waals surface area contributed by atoms with Crippen molar-refractivity contribution in [2.45, 2.75) is 12.5 Å². The number of likely N-dealkylation sites (N-methyl/N-ethyl adjacent to an activating group) is 1. The fraction of sp³-hybridized carbons (Fsp3) is 0.176. The second kappa shape index (κ2) is 6.49. The summed E-state index contributed by atoms with van der Waals surface area (Å²) in [6.45, 7) is 0. The van der Waals surface area contributed by atoms with Crippen LogP contribution in [0.25, 0.3) is 10.1 Å². The number of halogens is 2. The van der Waals surface area contributed by atoms with Gasteiger partial charge in [0, 0.05) is 15.2 Å². The molecule has 0 fully saturated rings. The molecular weight excluding hydrogens is 366 g/mol. The third-order valence-corrected chi connectivity index (χ3v) is 5.91. The molecule has 4 heteroatoms. The van der Waals surface area contributed by atoms with Crippen molar-refractivity contribution < 1.29 is 0 Å². The molecule has 108 valence electrons. The van der Waals surface area contributed by atoms with Gasteiger partial charge in [0.25, 0.3) is 0 Å². The van der Waals surface area contributed by atoms with Gasteiger partial charge in [0.05, 0.1) is 5.02 Å². The minimum absolute atomic E-state index is 0.275. The third-order valence-electron chi connectivity index (χ3n) is 3.68. The Morgan fingerprint density at radius 2 is 2.05 bits per heavy atom. The molecular formula is C17H15BrClNS. The molecule has 0 radical (unpaired) electrons. The molecule has 3 aromatic rings. The Balaban J connectivity index is 1.92. The van der Waals surface area contributed by atoms with Crippen LogP contribution in [-0.2, 0) is 6.42 Å². The number of thiophene rings is 1. The van der Waals surface area contributed by atoms with Crippen LogP contribution < -0.4 is 5.32 Å². The van der Waals surface area contributed by atoms with Crippen LogP contribution in [0.2, 0.25) is 5.02 Å². The van der Waals surface area contributed by atoms with Crippen LogP contribution in [0.1, 0.15) is 17.2 Å². The maximum absolute atomic E-state index is 6.08. The monoisotopic (exact) mass is 379 g/mol. The lowest BCUT2D eigenvalue weighted by Gasteiger charge is -2.17. The van der Waals surface area contributed by atoms with Crippen molar-refractivity contribution in [3.05, 3.63) is 68.5 Å². The third kappa shape index (κ3) is 3.16. The summed E-state index contributed by atoms with van der Waals surface area (Å²) in [5, 5.41) is 7.77. The predicted octanol–water partition coefficient (Wildman–Crippen LogP) is 5.82. The summed E-state index contributed by atoms with van der Waals surface area (Å²) in [6.07, 6.45) is 0.967. The first-order valence-corrected chi connectivity index (χ1v) is 8.81. The van der Waals surface area contributed by atoms with Crippen LogP contribution in [0.5, 0.6) is 0 Å². The molecule has 0 bridgehead atoms. The van der Waals surface area contributed by atoms with E-state index in [4.69, 9.17) is 11.6 Å². The zero-order valence-corrected chi connectivity index (χ0v) is 14.7. The van der Waals surface area contributed by atoms with Crippen LogP contribution in [0.4, 0.5) is 0 Å². The van der Waals surface area contributed by atoms with Gasteiger partial charge in [-0.05, 0) is 69.5 Å². The van der Waals surface area contributed by atoms with Crippen molar-refractivity contribution >= 4 is 49.0 Å². The van der Waals surface area contributed by atoms with Gasteiger partial charge in [0.15, 0.2) is 0 Å². The van der Waals surface area contributed by atoms with Gasteiger partial charge in [-0.15, -0.1) is 11.3 Å². The molecule has 0 spiro atoms. The Kier molecular flexibility index (Phi) is 4.65. The van der Waals surface area contributed by atoms with Crippen molar-refractivity contribution in [3.8, 4) is 0 Å². The molecule has 1 aromatic heterocycles. The summed E-state index contributed by atoms with van der Waals surface area (Å²) < 4.78 is 2.29. The molecule has 1 heterocycles. The number of fused-ring (bicyclic) bond motifs is 1. The van der Waals surface area contributed by atoms with E-state index in [1.54, 1.807) is 0 Å². The predicted molar refractivity (Wildman–Crippen MR) is 96.5 cm³/mol. The number of nitrogens with one attached hydrogen (secondary N) is 1. The lowest BCUT2D eigenvalue weighted by atomic mass is 9.99. The normalized spacial score (nSPS) is 12.7. The van der Waals surface area contributed by atoms with Crippen LogP contribution in [-0.4, -0.2) is 7.05 Å². The van der Waals surface area contributed by atoms with Gasteiger partial charge in [-0.2, -0.15) is 0 Å². The summed E-state index contributed by atoms with van der Waals surface area (Å²) in [5.74, 6) is 0. The van der Waals surface area contributed by atoms with Crippen molar-refractivity contribution in [2.75, 3.05) is 7.05 Å². The highest BCUT2D eigenvalue weighted by Gasteiger charge is 2.14. The van der Waals surface area contributed by atoms with Gasteiger partial charge < -0.3 is 5.32 Å². The largest absolute Gasteiger partial charge is 0.313 e. The van der Waals surface area contributed by atoms with E-state index in [9.17, 15) is 0 Å². The highest BCUT2D eigenvalue weighted by atomic mass is 79.9. The molecule has 3 rings (SSSR count). The molecule has 1 N–H and O–H groups in total. The lowest BCUT2D eigenvalue weighted by Crippen LogP contribution is -2.18. The minimum atomic E-state index is 0.275. The van der Waals surface area contributed by atoms with E-state index in [0.717, 1.165) is 15.9 Å². The Labute approximate surface area is 142 Å². The minimum Gasteiger partial charge on any atom is -0.313 e. The highest BCUT2D eigenvalue weighted by molar-refractivity contribution is 9.10. The average Bonchev–Trinajstić information content (AvgIpc) is 2.91. The molecule has 2 aromatic carbocycles. The fourth-order valence-corrected chi connectivity index (χ4v) is 4.02. The van der Waals surface area contributed by atoms with Gasteiger partial charge in [0.1, 0.15) is 0 Å². The average molecular weight is 381 g/mol. The quantitative estimate of drug-likeness (QED) is 0.601. The number of benzene rings is 2. The second-order valence-electron chi connectivity index (χ2n) is 4.98. The molecule has 0 saturated heterocycles. The molecule has 1 atom stereocenters. The van der Waals surface area contributed by atoms with E-state index in [1.165, 1.54) is 21.2 Å². The van der Waals surface area contributed by atoms with Crippen molar-refractivity contribution in [2.24, 2.45) is 0 Å². The molecule has 0 saturated carbocycles. The molecule has 0 amide bonds. The van der Waals surface area contributed by atoms with E-state index in [-0.39, 0.29) is 6.04 Å². The number of hydrogen-bond acceptors (Lipinski definition) is 2. The zero-order chi connectivity index (χ0) is 14.8. The van der Waals surface area contributed by atoms with Crippen LogP contribution in [0.15, 0.2) is 52.3 Å². The Hall–Kier alpha value is -0.870. The number of hydrogen-bond donors (Lipinski definition) is 1. The summed E-state index contributed by atoms with van der Waals surface area (Å²) >= 11 is 11.4. The molecule has 0 aliphatic rings. The lowest BCUT2D eigenvalue weighted by molar-refractivity contribution is 0.594. The van der Waals surface area contributed by atoms with Gasteiger partial charge in [-0.1, -0.05) is 35.9 Å². The number of rotatable bonds is 4. The van der Waals surface area contributed by atoms with Gasteiger partial charge >= 0.3 is 0 Å². The maximum Gasteiger partial charge on any atom is 0.0548 e. The van der Waals surface area contributed by atoms with E-state index < -0.39 is 0 Å². The van der Waals surface area contributed by atoms with E-state index in [1.807, 2.05) is 24.5 Å². The van der Waals surface area contributed by atoms with Gasteiger partial charge in [0.2, 0.25) is 0 Å². The van der Waals surface area contributed by atoms with Crippen molar-refractivity contribution in [1.82, 2.24) is 5.32 Å². The topological polar surface area (TPSA) is 12.0 Å². The van der Waals surface area contributed by atoms with Crippen LogP contribution in [0.3, 0.4) is 0 Å². The Morgan fingerprint density at radius 3 is 2.81 bits per heavy atom. The zero-order valence-electron chi connectivity index (χ0n) is 11.6. The first-order valence-electron chi connectivity index (χ1n) is 6.76. The fourth-order valence-electron chi connectivity index (χ4n) is 2.53. The molecule has 21 heavy (non-hydrogen) atoms. The Bertz CT molecular complexity index is 768. The summed E-state index contributed by atoms with van der Waals surface area (Å²) in [5.41, 5.74) is 2.63.